The maximum atomic E-state index is 4.96. The maximum Gasteiger partial charge on any atom is 0.0635 e. The van der Waals surface area contributed by atoms with Crippen LogP contribution in [0.5, 0.6) is 0 Å². The molecule has 0 saturated heterocycles. The van der Waals surface area contributed by atoms with Crippen LogP contribution in [0.1, 0.15) is 12.8 Å². The molecule has 0 radical (unpaired) electrons. The van der Waals surface area contributed by atoms with Crippen LogP contribution in [0.25, 0.3) is 0 Å². The van der Waals surface area contributed by atoms with Gasteiger partial charge in [-0.05, 0) is 12.8 Å². The van der Waals surface area contributed by atoms with E-state index in [9.17, 15) is 0 Å². The minimum atomic E-state index is 0.180. The molecule has 170 valence electrons. The molecule has 0 nitrogen and oxygen atoms in total. The summed E-state index contributed by atoms with van der Waals surface area (Å²) in [4.78, 5) is 0. The molecule has 0 aliphatic carbocycles. The largest absolute Gasteiger partial charge is 0.175 e. The molecule has 0 rings (SSSR count). The molecule has 0 aliphatic rings. The Morgan fingerprint density at radius 3 is 0.964 bits per heavy atom. The van der Waals surface area contributed by atoms with E-state index < -0.39 is 0 Å². The third-order valence-corrected chi connectivity index (χ3v) is 15.2. The van der Waals surface area contributed by atoms with Gasteiger partial charge in [0.15, 0.2) is 0 Å². The summed E-state index contributed by atoms with van der Waals surface area (Å²) in [6, 6.07) is 0. The van der Waals surface area contributed by atoms with Crippen molar-refractivity contribution < 1.29 is 0 Å². The van der Waals surface area contributed by atoms with Gasteiger partial charge >= 0.3 is 0 Å². The predicted octanol–water partition coefficient (Wildman–Crippen LogP) is 7.08. The monoisotopic (exact) mass is 646 g/mol. The van der Waals surface area contributed by atoms with Crippen LogP contribution in [0.15, 0.2) is 0 Å². The van der Waals surface area contributed by atoms with E-state index in [2.05, 4.69) is 63.1 Å². The van der Waals surface area contributed by atoms with E-state index >= 15 is 0 Å². The van der Waals surface area contributed by atoms with Crippen molar-refractivity contribution in [2.75, 3.05) is 25.4 Å². The molecule has 4 atom stereocenters. The Morgan fingerprint density at radius 2 is 0.714 bits per heavy atom. The first kappa shape index (κ1) is 32.9. The van der Waals surface area contributed by atoms with Crippen LogP contribution in [-0.2, 0) is 0 Å². The maximum absolute atomic E-state index is 4.96. The minimum Gasteiger partial charge on any atom is -0.175 e. The minimum absolute atomic E-state index is 0.180. The lowest BCUT2D eigenvalue weighted by Crippen LogP contribution is -2.34. The highest BCUT2D eigenvalue weighted by atomic mass is 32.2. The number of hydrogen-bond acceptors (Lipinski definition) is 14. The van der Waals surface area contributed by atoms with Crippen molar-refractivity contribution in [3.8, 4) is 0 Å². The van der Waals surface area contributed by atoms with Crippen LogP contribution in [-0.4, -0.2) is 60.8 Å². The van der Waals surface area contributed by atoms with E-state index in [-0.39, 0.29) is 26.2 Å². The second-order valence-corrected chi connectivity index (χ2v) is 18.1. The molecule has 0 bridgehead atoms. The fraction of sp³-hybridized carbons (Fsp3) is 1.00. The van der Waals surface area contributed by atoms with Crippen molar-refractivity contribution in [3.05, 3.63) is 0 Å². The van der Waals surface area contributed by atoms with Crippen LogP contribution in [0.4, 0.5) is 0 Å². The number of thioether (sulfide) groups is 5. The lowest BCUT2D eigenvalue weighted by Gasteiger charge is -2.33. The summed E-state index contributed by atoms with van der Waals surface area (Å²) >= 11 is 50.6. The number of rotatable bonds is 18. The molecule has 28 heavy (non-hydrogen) atoms. The van der Waals surface area contributed by atoms with Crippen LogP contribution in [0, 0.1) is 0 Å². The highest BCUT2D eigenvalue weighted by Crippen LogP contribution is 2.39. The van der Waals surface area contributed by atoms with E-state index in [0.717, 1.165) is 38.3 Å². The van der Waals surface area contributed by atoms with Crippen LogP contribution in [0.2, 0.25) is 0 Å². The Morgan fingerprint density at radius 1 is 0.429 bits per heavy atom. The molecule has 4 unspecified atom stereocenters. The Balaban J connectivity index is 4.95. The summed E-state index contributed by atoms with van der Waals surface area (Å²) in [5.41, 5.74) is 0. The van der Waals surface area contributed by atoms with Gasteiger partial charge in [0.1, 0.15) is 0 Å². The molecule has 0 spiro atoms. The Kier molecular flexibility index (Phi) is 24.9. The molecular formula is C14H30S14. The molecular weight excluding hydrogens is 617 g/mol. The lowest BCUT2D eigenvalue weighted by molar-refractivity contribution is 0.654. The smallest absolute Gasteiger partial charge is 0.0635 e. The average molecular weight is 647 g/mol. The Bertz CT molecular complexity index is 319. The van der Waals surface area contributed by atoms with Gasteiger partial charge in [0.05, 0.1) is 9.16 Å². The molecule has 0 aromatic carbocycles. The number of hydrogen-bond donors (Lipinski definition) is 9. The molecule has 0 fully saturated rings. The SMILES string of the molecule is SCSC(SCS)C(S)CC(S)C(SCS)C(S)CC(S)C(SCS)SCS. The summed E-state index contributed by atoms with van der Waals surface area (Å²) in [6.07, 6.45) is 1.80. The first-order valence-corrected chi connectivity index (χ1v) is 18.7. The van der Waals surface area contributed by atoms with Crippen molar-refractivity contribution in [2.45, 2.75) is 48.3 Å². The molecule has 0 N–H and O–H groups in total. The Labute approximate surface area is 242 Å². The number of thiol groups is 9. The zero-order chi connectivity index (χ0) is 21.5. The van der Waals surface area contributed by atoms with Crippen molar-refractivity contribution in [1.29, 1.82) is 0 Å². The summed E-state index contributed by atoms with van der Waals surface area (Å²) in [5, 5.41) is 4.93. The van der Waals surface area contributed by atoms with E-state index in [4.69, 9.17) is 50.5 Å². The second kappa shape index (κ2) is 21.2. The molecule has 0 saturated carbocycles. The van der Waals surface area contributed by atoms with Gasteiger partial charge in [-0.15, -0.1) is 58.8 Å². The fourth-order valence-electron chi connectivity index (χ4n) is 2.38. The molecule has 0 heterocycles. The van der Waals surface area contributed by atoms with Crippen LogP contribution < -0.4 is 0 Å². The van der Waals surface area contributed by atoms with E-state index in [1.54, 1.807) is 47.0 Å². The zero-order valence-corrected chi connectivity index (χ0v) is 27.2. The Hall–Kier alpha value is 4.90. The third-order valence-electron chi connectivity index (χ3n) is 3.57. The molecule has 0 aromatic heterocycles. The van der Waals surface area contributed by atoms with Gasteiger partial charge in [-0.2, -0.15) is 114 Å². The highest BCUT2D eigenvalue weighted by molar-refractivity contribution is 8.24. The van der Waals surface area contributed by atoms with Gasteiger partial charge in [-0.25, -0.2) is 0 Å². The molecule has 0 aliphatic heterocycles. The van der Waals surface area contributed by atoms with Crippen molar-refractivity contribution in [1.82, 2.24) is 0 Å². The van der Waals surface area contributed by atoms with Gasteiger partial charge in [-0.3, -0.25) is 0 Å². The molecule has 0 aromatic rings. The lowest BCUT2D eigenvalue weighted by atomic mass is 10.1. The first-order chi connectivity index (χ1) is 13.4. The molecule has 0 amide bonds. The average Bonchev–Trinajstić information content (AvgIpc) is 2.65. The van der Waals surface area contributed by atoms with Crippen molar-refractivity contribution in [2.24, 2.45) is 0 Å². The quantitative estimate of drug-likeness (QED) is 0.0575. The van der Waals surface area contributed by atoms with Crippen molar-refractivity contribution in [3.63, 3.8) is 0 Å². The van der Waals surface area contributed by atoms with Gasteiger partial charge in [0.25, 0.3) is 0 Å². The van der Waals surface area contributed by atoms with Crippen LogP contribution in [0.3, 0.4) is 0 Å². The highest BCUT2D eigenvalue weighted by Gasteiger charge is 2.32. The van der Waals surface area contributed by atoms with Crippen molar-refractivity contribution >= 4 is 172 Å². The summed E-state index contributed by atoms with van der Waals surface area (Å²) in [7, 11) is 0. The van der Waals surface area contributed by atoms with Gasteiger partial charge in [0.2, 0.25) is 0 Å². The molecule has 14 heteroatoms. The fourth-order valence-corrected chi connectivity index (χ4v) is 13.7. The van der Waals surface area contributed by atoms with Gasteiger partial charge in [-0.1, -0.05) is 0 Å². The van der Waals surface area contributed by atoms with Crippen LogP contribution >= 0.6 is 172 Å². The summed E-state index contributed by atoms with van der Waals surface area (Å²) in [5.74, 6) is 0. The standard InChI is InChI=1S/C14H30S14/c15-3-24-12(8(20)1-10(22)13(25-4-16)26-5-17)9(21)2-11(23)14(27-6-18)28-7-19/h8-23H,1-7H2. The normalized spacial score (nSPS) is 17.7. The van der Waals surface area contributed by atoms with Gasteiger partial charge < -0.3 is 0 Å². The van der Waals surface area contributed by atoms with E-state index in [0.29, 0.717) is 9.16 Å². The topological polar surface area (TPSA) is 0 Å². The summed E-state index contributed by atoms with van der Waals surface area (Å²) < 4.78 is 0.710. The van der Waals surface area contributed by atoms with E-state index in [1.807, 2.05) is 11.8 Å². The van der Waals surface area contributed by atoms with Gasteiger partial charge in [0, 0.05) is 51.7 Å². The third kappa shape index (κ3) is 14.3. The first-order valence-electron chi connectivity index (χ1n) is 8.20. The zero-order valence-electron chi connectivity index (χ0n) is 15.1. The van der Waals surface area contributed by atoms with E-state index in [1.165, 1.54) is 0 Å². The predicted molar refractivity (Wildman–Crippen MR) is 179 cm³/mol. The second-order valence-electron chi connectivity index (χ2n) is 5.42. The summed E-state index contributed by atoms with van der Waals surface area (Å²) in [6.45, 7) is 0.